The van der Waals surface area contributed by atoms with Crippen molar-refractivity contribution in [2.24, 2.45) is 0 Å². The number of benzene rings is 2. The van der Waals surface area contributed by atoms with Gasteiger partial charge in [-0.3, -0.25) is 19.4 Å². The van der Waals surface area contributed by atoms with Crippen LogP contribution in [0.1, 0.15) is 12.5 Å². The highest BCUT2D eigenvalue weighted by atomic mass is 79.9. The lowest BCUT2D eigenvalue weighted by atomic mass is 10.2. The van der Waals surface area contributed by atoms with Crippen molar-refractivity contribution in [2.75, 3.05) is 16.8 Å². The molecule has 0 unspecified atom stereocenters. The summed E-state index contributed by atoms with van der Waals surface area (Å²) in [6, 6.07) is 13.3. The summed E-state index contributed by atoms with van der Waals surface area (Å²) in [5.41, 5.74) is 2.29. The van der Waals surface area contributed by atoms with Gasteiger partial charge in [0.25, 0.3) is 5.91 Å². The molecule has 1 aliphatic rings. The minimum Gasteiger partial charge on any atom is -0.325 e. The molecule has 2 aromatic carbocycles. The van der Waals surface area contributed by atoms with Crippen LogP contribution in [0.25, 0.3) is 0 Å². The summed E-state index contributed by atoms with van der Waals surface area (Å²) in [7, 11) is 0. The predicted octanol–water partition coefficient (Wildman–Crippen LogP) is 3.55. The predicted molar refractivity (Wildman–Crippen MR) is 103 cm³/mol. The van der Waals surface area contributed by atoms with Gasteiger partial charge in [-0.2, -0.15) is 0 Å². The fraction of sp³-hybridized carbons (Fsp3) is 0.211. The topological polar surface area (TPSA) is 69.7 Å². The minimum absolute atomic E-state index is 0.319. The number of nitrogens with one attached hydrogen (secondary N) is 1. The number of carbonyl (C=O) groups is 3. The zero-order valence-corrected chi connectivity index (χ0v) is 16.0. The monoisotopic (exact) mass is 415 g/mol. The van der Waals surface area contributed by atoms with E-state index in [0.29, 0.717) is 11.4 Å². The molecular weight excluding hydrogens is 398 g/mol. The second kappa shape index (κ2) is 7.29. The molecule has 6 nitrogen and oxygen atoms in total. The van der Waals surface area contributed by atoms with Crippen LogP contribution in [0.15, 0.2) is 53.0 Å². The molecule has 0 spiro atoms. The molecule has 1 fully saturated rings. The van der Waals surface area contributed by atoms with Gasteiger partial charge in [0.1, 0.15) is 12.6 Å². The van der Waals surface area contributed by atoms with Crippen molar-refractivity contribution in [2.45, 2.75) is 19.9 Å². The van der Waals surface area contributed by atoms with Gasteiger partial charge in [-0.05, 0) is 50.2 Å². The Bertz CT molecular complexity index is 849. The van der Waals surface area contributed by atoms with E-state index in [4.69, 9.17) is 0 Å². The van der Waals surface area contributed by atoms with Crippen molar-refractivity contribution in [3.8, 4) is 0 Å². The van der Waals surface area contributed by atoms with Crippen LogP contribution in [0.4, 0.5) is 16.2 Å². The number of amides is 4. The molecule has 3 rings (SSSR count). The quantitative estimate of drug-likeness (QED) is 0.776. The third-order valence-electron chi connectivity index (χ3n) is 4.19. The van der Waals surface area contributed by atoms with Crippen molar-refractivity contribution in [3.05, 3.63) is 58.6 Å². The van der Waals surface area contributed by atoms with Gasteiger partial charge in [0, 0.05) is 15.8 Å². The molecule has 0 radical (unpaired) electrons. The molecule has 1 atom stereocenters. The van der Waals surface area contributed by atoms with Crippen LogP contribution in [0.3, 0.4) is 0 Å². The number of hydrogen-bond donors (Lipinski definition) is 1. The van der Waals surface area contributed by atoms with Gasteiger partial charge in [0.2, 0.25) is 5.91 Å². The SMILES string of the molecule is Cc1ccc(N2C(=O)N(CC(=O)Nc3ccc(Br)cc3)C(=O)[C@@H]2C)cc1. The van der Waals surface area contributed by atoms with Gasteiger partial charge in [-0.1, -0.05) is 33.6 Å². The van der Waals surface area contributed by atoms with Crippen LogP contribution >= 0.6 is 15.9 Å². The minimum atomic E-state index is -0.648. The van der Waals surface area contributed by atoms with Crippen LogP contribution in [-0.2, 0) is 9.59 Å². The second-order valence-corrected chi connectivity index (χ2v) is 7.06. The van der Waals surface area contributed by atoms with E-state index in [1.807, 2.05) is 19.1 Å². The van der Waals surface area contributed by atoms with Gasteiger partial charge >= 0.3 is 6.03 Å². The first kappa shape index (κ1) is 18.1. The van der Waals surface area contributed by atoms with Crippen LogP contribution < -0.4 is 10.2 Å². The standard InChI is InChI=1S/C19H18BrN3O3/c1-12-3-9-16(10-4-12)23-13(2)18(25)22(19(23)26)11-17(24)21-15-7-5-14(20)6-8-15/h3-10,13H,11H2,1-2H3,(H,21,24)/t13-/m0/s1. The van der Waals surface area contributed by atoms with Gasteiger partial charge in [0.15, 0.2) is 0 Å². The molecule has 0 saturated carbocycles. The molecule has 2 aromatic rings. The summed E-state index contributed by atoms with van der Waals surface area (Å²) < 4.78 is 0.892. The van der Waals surface area contributed by atoms with Crippen LogP contribution in [0, 0.1) is 6.92 Å². The number of carbonyl (C=O) groups excluding carboxylic acids is 3. The van der Waals surface area contributed by atoms with E-state index in [9.17, 15) is 14.4 Å². The number of anilines is 2. The zero-order chi connectivity index (χ0) is 18.8. The van der Waals surface area contributed by atoms with E-state index in [-0.39, 0.29) is 12.5 Å². The molecule has 134 valence electrons. The van der Waals surface area contributed by atoms with Crippen molar-refractivity contribution in [3.63, 3.8) is 0 Å². The van der Waals surface area contributed by atoms with Crippen LogP contribution in [0.2, 0.25) is 0 Å². The highest BCUT2D eigenvalue weighted by Crippen LogP contribution is 2.26. The third kappa shape index (κ3) is 3.62. The van der Waals surface area contributed by atoms with E-state index < -0.39 is 18.0 Å². The maximum absolute atomic E-state index is 12.7. The third-order valence-corrected chi connectivity index (χ3v) is 4.72. The number of halogens is 1. The lowest BCUT2D eigenvalue weighted by molar-refractivity contribution is -0.130. The number of imide groups is 1. The van der Waals surface area contributed by atoms with E-state index in [1.165, 1.54) is 4.90 Å². The van der Waals surface area contributed by atoms with Gasteiger partial charge in [-0.25, -0.2) is 4.79 Å². The molecule has 0 aromatic heterocycles. The number of rotatable bonds is 4. The summed E-state index contributed by atoms with van der Waals surface area (Å²) in [4.78, 5) is 39.8. The Labute approximate surface area is 159 Å². The van der Waals surface area contributed by atoms with Crippen molar-refractivity contribution in [1.82, 2.24) is 4.90 Å². The lowest BCUT2D eigenvalue weighted by Gasteiger charge is -2.19. The van der Waals surface area contributed by atoms with Gasteiger partial charge in [0.05, 0.1) is 0 Å². The first-order valence-electron chi connectivity index (χ1n) is 8.13. The van der Waals surface area contributed by atoms with Gasteiger partial charge in [-0.15, -0.1) is 0 Å². The Balaban J connectivity index is 1.72. The Hall–Kier alpha value is -2.67. The molecule has 1 aliphatic heterocycles. The molecule has 1 heterocycles. The fourth-order valence-electron chi connectivity index (χ4n) is 2.79. The number of aryl methyl sites for hydroxylation is 1. The van der Waals surface area contributed by atoms with Crippen LogP contribution in [0.5, 0.6) is 0 Å². The average Bonchev–Trinajstić information content (AvgIpc) is 2.82. The summed E-state index contributed by atoms with van der Waals surface area (Å²) in [6.07, 6.45) is 0. The summed E-state index contributed by atoms with van der Waals surface area (Å²) in [5, 5.41) is 2.69. The largest absolute Gasteiger partial charge is 0.332 e. The first-order chi connectivity index (χ1) is 12.4. The molecule has 0 bridgehead atoms. The molecule has 0 aliphatic carbocycles. The van der Waals surface area contributed by atoms with Crippen molar-refractivity contribution < 1.29 is 14.4 Å². The molecule has 4 amide bonds. The summed E-state index contributed by atoms with van der Waals surface area (Å²) in [6.45, 7) is 3.29. The van der Waals surface area contributed by atoms with E-state index in [2.05, 4.69) is 21.2 Å². The highest BCUT2D eigenvalue weighted by Gasteiger charge is 2.43. The number of hydrogen-bond acceptors (Lipinski definition) is 3. The Morgan fingerprint density at radius 3 is 2.31 bits per heavy atom. The molecule has 26 heavy (non-hydrogen) atoms. The Morgan fingerprint density at radius 2 is 1.69 bits per heavy atom. The van der Waals surface area contributed by atoms with E-state index in [0.717, 1.165) is 14.9 Å². The maximum Gasteiger partial charge on any atom is 0.332 e. The lowest BCUT2D eigenvalue weighted by Crippen LogP contribution is -2.39. The normalized spacial score (nSPS) is 17.0. The molecule has 1 N–H and O–H groups in total. The Morgan fingerprint density at radius 1 is 1.08 bits per heavy atom. The first-order valence-corrected chi connectivity index (χ1v) is 8.93. The van der Waals surface area contributed by atoms with Gasteiger partial charge < -0.3 is 5.32 Å². The van der Waals surface area contributed by atoms with E-state index in [1.54, 1.807) is 43.3 Å². The molecular formula is C19H18BrN3O3. The van der Waals surface area contributed by atoms with Crippen molar-refractivity contribution >= 4 is 45.2 Å². The number of nitrogens with zero attached hydrogens (tertiary/aromatic N) is 2. The van der Waals surface area contributed by atoms with Crippen LogP contribution in [-0.4, -0.2) is 35.3 Å². The molecule has 1 saturated heterocycles. The highest BCUT2D eigenvalue weighted by molar-refractivity contribution is 9.10. The second-order valence-electron chi connectivity index (χ2n) is 6.14. The average molecular weight is 416 g/mol. The Kier molecular flexibility index (Phi) is 5.08. The summed E-state index contributed by atoms with van der Waals surface area (Å²) >= 11 is 3.32. The van der Waals surface area contributed by atoms with Crippen molar-refractivity contribution in [1.29, 1.82) is 0 Å². The summed E-state index contributed by atoms with van der Waals surface area (Å²) in [5.74, 6) is -0.812. The zero-order valence-electron chi connectivity index (χ0n) is 14.4. The number of urea groups is 1. The van der Waals surface area contributed by atoms with E-state index >= 15 is 0 Å². The fourth-order valence-corrected chi connectivity index (χ4v) is 3.05. The molecule has 7 heteroatoms. The smallest absolute Gasteiger partial charge is 0.325 e. The maximum atomic E-state index is 12.7.